The van der Waals surface area contributed by atoms with Crippen LogP contribution in [0, 0.1) is 23.7 Å². The summed E-state index contributed by atoms with van der Waals surface area (Å²) in [5, 5.41) is 0. The van der Waals surface area contributed by atoms with Crippen LogP contribution in [0.2, 0.25) is 0 Å². The first-order valence-electron chi connectivity index (χ1n) is 5.24. The van der Waals surface area contributed by atoms with Crippen LogP contribution in [0.4, 0.5) is 0 Å². The molecule has 0 spiro atoms. The van der Waals surface area contributed by atoms with E-state index in [1.165, 1.54) is 0 Å². The molecule has 0 saturated heterocycles. The summed E-state index contributed by atoms with van der Waals surface area (Å²) in [4.78, 5) is 11.3. The van der Waals surface area contributed by atoms with Gasteiger partial charge in [0.25, 0.3) is 0 Å². The lowest BCUT2D eigenvalue weighted by molar-refractivity contribution is -0.144. The normalized spacial score (nSPS) is 24.0. The molecule has 3 heteroatoms. The van der Waals surface area contributed by atoms with Crippen LogP contribution >= 0.6 is 0 Å². The highest BCUT2D eigenvalue weighted by Gasteiger charge is 2.43. The van der Waals surface area contributed by atoms with Crippen molar-refractivity contribution in [3.63, 3.8) is 0 Å². The van der Waals surface area contributed by atoms with Crippen LogP contribution in [0.1, 0.15) is 27.2 Å². The van der Waals surface area contributed by atoms with Crippen LogP contribution in [0.15, 0.2) is 0 Å². The van der Waals surface area contributed by atoms with Crippen molar-refractivity contribution in [2.24, 2.45) is 11.8 Å². The van der Waals surface area contributed by atoms with Crippen molar-refractivity contribution in [3.05, 3.63) is 0 Å². The first kappa shape index (κ1) is 12.1. The Morgan fingerprint density at radius 1 is 1.53 bits per heavy atom. The number of ether oxygens (including phenoxy) is 2. The van der Waals surface area contributed by atoms with Crippen molar-refractivity contribution in [1.29, 1.82) is 0 Å². The number of esters is 1. The summed E-state index contributed by atoms with van der Waals surface area (Å²) in [6.07, 6.45) is 0.825. The second-order valence-corrected chi connectivity index (χ2v) is 4.18. The molecule has 0 aromatic rings. The molecule has 1 aliphatic rings. The molecule has 1 aliphatic carbocycles. The summed E-state index contributed by atoms with van der Waals surface area (Å²) in [6, 6.07) is 0. The number of methoxy groups -OCH3 is 1. The Hall–Kier alpha value is -1.01. The second kappa shape index (κ2) is 4.67. The predicted molar refractivity (Wildman–Crippen MR) is 57.1 cm³/mol. The van der Waals surface area contributed by atoms with E-state index in [4.69, 9.17) is 9.47 Å². The molecular formula is C12H18O3. The predicted octanol–water partition coefficient (Wildman–Crippen LogP) is 1.61. The Morgan fingerprint density at radius 3 is 2.73 bits per heavy atom. The summed E-state index contributed by atoms with van der Waals surface area (Å²) >= 11 is 0. The van der Waals surface area contributed by atoms with E-state index < -0.39 is 5.60 Å². The van der Waals surface area contributed by atoms with Gasteiger partial charge in [-0.1, -0.05) is 11.8 Å². The topological polar surface area (TPSA) is 35.5 Å². The van der Waals surface area contributed by atoms with E-state index in [0.29, 0.717) is 6.61 Å². The average Bonchev–Trinajstić information content (AvgIpc) is 2.95. The third-order valence-electron chi connectivity index (χ3n) is 2.45. The molecule has 0 aromatic heterocycles. The molecule has 0 bridgehead atoms. The van der Waals surface area contributed by atoms with Gasteiger partial charge in [0.2, 0.25) is 0 Å². The maximum atomic E-state index is 11.3. The minimum Gasteiger partial charge on any atom is -0.466 e. The van der Waals surface area contributed by atoms with Gasteiger partial charge >= 0.3 is 5.97 Å². The molecule has 1 fully saturated rings. The Bertz CT molecular complexity index is 296. The number of rotatable bonds is 3. The number of carbonyl (C=O) groups is 1. The highest BCUT2D eigenvalue weighted by molar-refractivity contribution is 5.76. The number of hydrogen-bond acceptors (Lipinski definition) is 3. The van der Waals surface area contributed by atoms with Crippen LogP contribution < -0.4 is 0 Å². The maximum Gasteiger partial charge on any atom is 0.310 e. The van der Waals surface area contributed by atoms with E-state index in [1.54, 1.807) is 7.11 Å². The Morgan fingerprint density at radius 2 is 2.20 bits per heavy atom. The van der Waals surface area contributed by atoms with E-state index in [2.05, 4.69) is 11.8 Å². The van der Waals surface area contributed by atoms with E-state index in [0.717, 1.165) is 6.42 Å². The van der Waals surface area contributed by atoms with Crippen molar-refractivity contribution >= 4 is 5.97 Å². The Balaban J connectivity index is 2.42. The number of carbonyl (C=O) groups excluding carboxylic acids is 1. The largest absolute Gasteiger partial charge is 0.466 e. The standard InChI is InChI=1S/C12H18O3/c1-5-15-11(13)10-8-9(10)6-7-12(2,3)14-4/h9-10H,5,8H2,1-4H3. The molecule has 2 unspecified atom stereocenters. The molecule has 15 heavy (non-hydrogen) atoms. The first-order chi connectivity index (χ1) is 7.00. The van der Waals surface area contributed by atoms with E-state index in [9.17, 15) is 4.79 Å². The summed E-state index contributed by atoms with van der Waals surface area (Å²) in [5.41, 5.74) is -0.429. The fourth-order valence-corrected chi connectivity index (χ4v) is 1.18. The number of hydrogen-bond donors (Lipinski definition) is 0. The molecule has 0 amide bonds. The van der Waals surface area contributed by atoms with E-state index in [-0.39, 0.29) is 17.8 Å². The van der Waals surface area contributed by atoms with Gasteiger partial charge in [0.15, 0.2) is 0 Å². The molecule has 0 heterocycles. The molecule has 3 nitrogen and oxygen atoms in total. The smallest absolute Gasteiger partial charge is 0.310 e. The van der Waals surface area contributed by atoms with E-state index >= 15 is 0 Å². The Labute approximate surface area is 91.1 Å². The van der Waals surface area contributed by atoms with Crippen LogP contribution in [-0.2, 0) is 14.3 Å². The molecule has 1 saturated carbocycles. The van der Waals surface area contributed by atoms with Gasteiger partial charge in [-0.15, -0.1) is 0 Å². The monoisotopic (exact) mass is 210 g/mol. The summed E-state index contributed by atoms with van der Waals surface area (Å²) in [7, 11) is 1.63. The quantitative estimate of drug-likeness (QED) is 0.524. The zero-order valence-corrected chi connectivity index (χ0v) is 9.79. The summed E-state index contributed by atoms with van der Waals surface area (Å²) < 4.78 is 10.1. The summed E-state index contributed by atoms with van der Waals surface area (Å²) in [6.45, 7) is 6.07. The highest BCUT2D eigenvalue weighted by Crippen LogP contribution is 2.38. The van der Waals surface area contributed by atoms with Gasteiger partial charge < -0.3 is 9.47 Å². The van der Waals surface area contributed by atoms with Gasteiger partial charge in [0.1, 0.15) is 5.60 Å². The molecule has 1 rings (SSSR count). The van der Waals surface area contributed by atoms with Crippen molar-refractivity contribution in [2.45, 2.75) is 32.8 Å². The molecular weight excluding hydrogens is 192 g/mol. The van der Waals surface area contributed by atoms with Crippen molar-refractivity contribution in [2.75, 3.05) is 13.7 Å². The van der Waals surface area contributed by atoms with Gasteiger partial charge in [0.05, 0.1) is 12.5 Å². The molecule has 0 aliphatic heterocycles. The SMILES string of the molecule is CCOC(=O)C1CC1C#CC(C)(C)OC. The molecule has 0 radical (unpaired) electrons. The molecule has 2 atom stereocenters. The zero-order chi connectivity index (χ0) is 11.5. The van der Waals surface area contributed by atoms with Crippen LogP contribution in [0.3, 0.4) is 0 Å². The zero-order valence-electron chi connectivity index (χ0n) is 9.79. The molecule has 0 N–H and O–H groups in total. The average molecular weight is 210 g/mol. The molecule has 0 aromatic carbocycles. The molecule has 84 valence electrons. The highest BCUT2D eigenvalue weighted by atomic mass is 16.5. The van der Waals surface area contributed by atoms with Crippen LogP contribution in [0.5, 0.6) is 0 Å². The third-order valence-corrected chi connectivity index (χ3v) is 2.45. The van der Waals surface area contributed by atoms with E-state index in [1.807, 2.05) is 20.8 Å². The van der Waals surface area contributed by atoms with Gasteiger partial charge in [0, 0.05) is 13.0 Å². The maximum absolute atomic E-state index is 11.3. The third kappa shape index (κ3) is 3.56. The van der Waals surface area contributed by atoms with Crippen LogP contribution in [-0.4, -0.2) is 25.3 Å². The fraction of sp³-hybridized carbons (Fsp3) is 0.750. The van der Waals surface area contributed by atoms with Crippen molar-refractivity contribution in [3.8, 4) is 11.8 Å². The lowest BCUT2D eigenvalue weighted by Crippen LogP contribution is -2.19. The Kier molecular flexibility index (Phi) is 3.76. The fourth-order valence-electron chi connectivity index (χ4n) is 1.18. The van der Waals surface area contributed by atoms with Crippen molar-refractivity contribution in [1.82, 2.24) is 0 Å². The minimum atomic E-state index is -0.429. The van der Waals surface area contributed by atoms with Gasteiger partial charge in [-0.3, -0.25) is 4.79 Å². The van der Waals surface area contributed by atoms with Crippen molar-refractivity contribution < 1.29 is 14.3 Å². The summed E-state index contributed by atoms with van der Waals surface area (Å²) in [5.74, 6) is 6.12. The lowest BCUT2D eigenvalue weighted by Gasteiger charge is -2.14. The van der Waals surface area contributed by atoms with Gasteiger partial charge in [-0.05, 0) is 27.2 Å². The minimum absolute atomic E-state index is 0.00916. The first-order valence-corrected chi connectivity index (χ1v) is 5.24. The van der Waals surface area contributed by atoms with Gasteiger partial charge in [-0.2, -0.15) is 0 Å². The second-order valence-electron chi connectivity index (χ2n) is 4.18. The van der Waals surface area contributed by atoms with Gasteiger partial charge in [-0.25, -0.2) is 0 Å². The van der Waals surface area contributed by atoms with Crippen LogP contribution in [0.25, 0.3) is 0 Å². The lowest BCUT2D eigenvalue weighted by atomic mass is 10.1.